The zero-order chi connectivity index (χ0) is 9.52. The summed E-state index contributed by atoms with van der Waals surface area (Å²) in [6, 6.07) is 0. The fraction of sp³-hybridized carbons (Fsp3) is 0.900. The summed E-state index contributed by atoms with van der Waals surface area (Å²) in [5.74, 6) is 0.258. The van der Waals surface area contributed by atoms with Crippen molar-refractivity contribution in [1.82, 2.24) is 5.32 Å². The van der Waals surface area contributed by atoms with Crippen molar-refractivity contribution in [3.8, 4) is 0 Å². The van der Waals surface area contributed by atoms with E-state index in [0.29, 0.717) is 12.5 Å². The van der Waals surface area contributed by atoms with Crippen molar-refractivity contribution in [1.29, 1.82) is 0 Å². The average Bonchev–Trinajstić information content (AvgIpc) is 2.14. The summed E-state index contributed by atoms with van der Waals surface area (Å²) in [5, 5.41) is 3.29. The Morgan fingerprint density at radius 2 is 2.15 bits per heavy atom. The molecule has 0 unspecified atom stereocenters. The lowest BCUT2D eigenvalue weighted by Crippen LogP contribution is -2.32. The van der Waals surface area contributed by atoms with Crippen molar-refractivity contribution in [3.63, 3.8) is 0 Å². The number of ether oxygens (including phenoxy) is 1. The van der Waals surface area contributed by atoms with Crippen LogP contribution in [0.15, 0.2) is 0 Å². The minimum atomic E-state index is 0.258. The van der Waals surface area contributed by atoms with Gasteiger partial charge in [0.1, 0.15) is 5.78 Å². The maximum absolute atomic E-state index is 10.6. The summed E-state index contributed by atoms with van der Waals surface area (Å²) >= 11 is 0. The van der Waals surface area contributed by atoms with E-state index >= 15 is 0 Å². The van der Waals surface area contributed by atoms with Gasteiger partial charge >= 0.3 is 0 Å². The number of hydrogen-bond donors (Lipinski definition) is 1. The number of carbonyl (C=O) groups is 1. The number of rotatable bonds is 5. The van der Waals surface area contributed by atoms with E-state index in [9.17, 15) is 4.79 Å². The van der Waals surface area contributed by atoms with Crippen LogP contribution in [0.1, 0.15) is 32.6 Å². The lowest BCUT2D eigenvalue weighted by molar-refractivity contribution is -0.117. The fourth-order valence-corrected chi connectivity index (χ4v) is 1.53. The molecule has 1 aliphatic heterocycles. The van der Waals surface area contributed by atoms with Crippen molar-refractivity contribution in [2.75, 3.05) is 19.7 Å². The minimum absolute atomic E-state index is 0.258. The Labute approximate surface area is 79.8 Å². The van der Waals surface area contributed by atoms with Gasteiger partial charge in [0.15, 0.2) is 0 Å². The standard InChI is InChI=1S/C10H19NO2/c1-9(12)3-2-8-13-10-4-6-11-7-5-10/h10-11H,2-8H2,1H3. The molecule has 13 heavy (non-hydrogen) atoms. The lowest BCUT2D eigenvalue weighted by atomic mass is 10.1. The van der Waals surface area contributed by atoms with Crippen molar-refractivity contribution in [2.45, 2.75) is 38.7 Å². The Morgan fingerprint density at radius 3 is 2.77 bits per heavy atom. The van der Waals surface area contributed by atoms with Gasteiger partial charge < -0.3 is 14.8 Å². The van der Waals surface area contributed by atoms with Crippen LogP contribution < -0.4 is 5.32 Å². The Bertz CT molecular complexity index is 153. The van der Waals surface area contributed by atoms with Gasteiger partial charge in [-0.25, -0.2) is 0 Å². The minimum Gasteiger partial charge on any atom is -0.378 e. The molecule has 0 saturated carbocycles. The molecular formula is C10H19NO2. The van der Waals surface area contributed by atoms with E-state index in [2.05, 4.69) is 5.32 Å². The first kappa shape index (κ1) is 10.7. The van der Waals surface area contributed by atoms with E-state index in [-0.39, 0.29) is 5.78 Å². The second-order valence-corrected chi connectivity index (χ2v) is 3.63. The smallest absolute Gasteiger partial charge is 0.129 e. The molecule has 0 radical (unpaired) electrons. The third-order valence-corrected chi connectivity index (χ3v) is 2.31. The highest BCUT2D eigenvalue weighted by molar-refractivity contribution is 5.75. The molecule has 0 aromatic rings. The van der Waals surface area contributed by atoms with Gasteiger partial charge in [0.05, 0.1) is 6.10 Å². The Hall–Kier alpha value is -0.410. The van der Waals surface area contributed by atoms with Crippen LogP contribution in [0.5, 0.6) is 0 Å². The molecule has 3 nitrogen and oxygen atoms in total. The van der Waals surface area contributed by atoms with Crippen LogP contribution in [0.3, 0.4) is 0 Å². The van der Waals surface area contributed by atoms with Crippen molar-refractivity contribution < 1.29 is 9.53 Å². The van der Waals surface area contributed by atoms with E-state index in [1.54, 1.807) is 6.92 Å². The first-order chi connectivity index (χ1) is 6.29. The van der Waals surface area contributed by atoms with E-state index in [1.165, 1.54) is 0 Å². The monoisotopic (exact) mass is 185 g/mol. The molecule has 1 saturated heterocycles. The molecular weight excluding hydrogens is 166 g/mol. The molecule has 76 valence electrons. The highest BCUT2D eigenvalue weighted by atomic mass is 16.5. The molecule has 1 heterocycles. The quantitative estimate of drug-likeness (QED) is 0.652. The molecule has 1 N–H and O–H groups in total. The first-order valence-corrected chi connectivity index (χ1v) is 5.11. The largest absolute Gasteiger partial charge is 0.378 e. The highest BCUT2D eigenvalue weighted by Gasteiger charge is 2.12. The fourth-order valence-electron chi connectivity index (χ4n) is 1.53. The van der Waals surface area contributed by atoms with Crippen LogP contribution in [0, 0.1) is 0 Å². The summed E-state index contributed by atoms with van der Waals surface area (Å²) in [6.45, 7) is 4.50. The SMILES string of the molecule is CC(=O)CCCOC1CCNCC1. The van der Waals surface area contributed by atoms with Crippen molar-refractivity contribution in [3.05, 3.63) is 0 Å². The number of ketones is 1. The predicted octanol–water partition coefficient (Wildman–Crippen LogP) is 1.12. The Balaban J connectivity index is 1.95. The molecule has 3 heteroatoms. The molecule has 0 bridgehead atoms. The van der Waals surface area contributed by atoms with E-state index in [0.717, 1.165) is 39.0 Å². The maximum Gasteiger partial charge on any atom is 0.129 e. The van der Waals surface area contributed by atoms with Gasteiger partial charge in [0, 0.05) is 13.0 Å². The highest BCUT2D eigenvalue weighted by Crippen LogP contribution is 2.07. The van der Waals surface area contributed by atoms with Crippen molar-refractivity contribution >= 4 is 5.78 Å². The van der Waals surface area contributed by atoms with Gasteiger partial charge in [-0.3, -0.25) is 0 Å². The number of hydrogen-bond acceptors (Lipinski definition) is 3. The van der Waals surface area contributed by atoms with Gasteiger partial charge in [-0.15, -0.1) is 0 Å². The summed E-state index contributed by atoms with van der Waals surface area (Å²) in [5.41, 5.74) is 0. The van der Waals surface area contributed by atoms with Crippen LogP contribution in [-0.4, -0.2) is 31.6 Å². The summed E-state index contributed by atoms with van der Waals surface area (Å²) < 4.78 is 5.64. The molecule has 1 rings (SSSR count). The molecule has 0 aromatic heterocycles. The summed E-state index contributed by atoms with van der Waals surface area (Å²) in [4.78, 5) is 10.6. The molecule has 0 spiro atoms. The number of nitrogens with one attached hydrogen (secondary N) is 1. The van der Waals surface area contributed by atoms with Crippen LogP contribution in [0.4, 0.5) is 0 Å². The third-order valence-electron chi connectivity index (χ3n) is 2.31. The average molecular weight is 185 g/mol. The molecule has 0 aromatic carbocycles. The van der Waals surface area contributed by atoms with Crippen LogP contribution >= 0.6 is 0 Å². The first-order valence-electron chi connectivity index (χ1n) is 5.11. The summed E-state index contributed by atoms with van der Waals surface area (Å²) in [7, 11) is 0. The Kier molecular flexibility index (Phi) is 5.01. The van der Waals surface area contributed by atoms with Crippen molar-refractivity contribution in [2.24, 2.45) is 0 Å². The molecule has 1 aliphatic rings. The van der Waals surface area contributed by atoms with Crippen LogP contribution in [-0.2, 0) is 9.53 Å². The van der Waals surface area contributed by atoms with Gasteiger partial charge in [-0.1, -0.05) is 0 Å². The second-order valence-electron chi connectivity index (χ2n) is 3.63. The topological polar surface area (TPSA) is 38.3 Å². The second kappa shape index (κ2) is 6.11. The zero-order valence-electron chi connectivity index (χ0n) is 8.34. The van der Waals surface area contributed by atoms with Crippen LogP contribution in [0.2, 0.25) is 0 Å². The predicted molar refractivity (Wildman–Crippen MR) is 51.8 cm³/mol. The third kappa shape index (κ3) is 5.01. The Morgan fingerprint density at radius 1 is 1.46 bits per heavy atom. The van der Waals surface area contributed by atoms with E-state index in [4.69, 9.17) is 4.74 Å². The number of carbonyl (C=O) groups excluding carboxylic acids is 1. The van der Waals surface area contributed by atoms with Gasteiger partial charge in [-0.2, -0.15) is 0 Å². The normalized spacial score (nSPS) is 18.8. The summed E-state index contributed by atoms with van der Waals surface area (Å²) in [6.07, 6.45) is 4.18. The molecule has 1 fully saturated rings. The molecule has 0 amide bonds. The van der Waals surface area contributed by atoms with Crippen LogP contribution in [0.25, 0.3) is 0 Å². The molecule has 0 aliphatic carbocycles. The van der Waals surface area contributed by atoms with Gasteiger partial charge in [0.25, 0.3) is 0 Å². The zero-order valence-corrected chi connectivity index (χ0v) is 8.34. The number of piperidine rings is 1. The van der Waals surface area contributed by atoms with E-state index in [1.807, 2.05) is 0 Å². The maximum atomic E-state index is 10.6. The lowest BCUT2D eigenvalue weighted by Gasteiger charge is -2.22. The molecule has 0 atom stereocenters. The van der Waals surface area contributed by atoms with Gasteiger partial charge in [-0.05, 0) is 39.3 Å². The van der Waals surface area contributed by atoms with E-state index < -0.39 is 0 Å². The van der Waals surface area contributed by atoms with Gasteiger partial charge in [0.2, 0.25) is 0 Å². The number of Topliss-reactive ketones (excluding diaryl/α,β-unsaturated/α-hetero) is 1.